The lowest BCUT2D eigenvalue weighted by Gasteiger charge is -2.41. The number of nitrogens with one attached hydrogen (secondary N) is 1. The Morgan fingerprint density at radius 2 is 2.08 bits per heavy atom. The van der Waals surface area contributed by atoms with E-state index in [0.717, 1.165) is 41.2 Å². The minimum atomic E-state index is 0.0234. The summed E-state index contributed by atoms with van der Waals surface area (Å²) in [5, 5.41) is 3.08. The maximum atomic E-state index is 12.6. The van der Waals surface area contributed by atoms with Crippen molar-refractivity contribution < 1.29 is 14.4 Å². The van der Waals surface area contributed by atoms with Crippen LogP contribution >= 0.6 is 11.3 Å². The summed E-state index contributed by atoms with van der Waals surface area (Å²) in [6.07, 6.45) is 2.35. The zero-order chi connectivity index (χ0) is 18.7. The van der Waals surface area contributed by atoms with Crippen molar-refractivity contribution in [3.63, 3.8) is 0 Å². The number of rotatable bonds is 5. The summed E-state index contributed by atoms with van der Waals surface area (Å²) >= 11 is 1.62. The van der Waals surface area contributed by atoms with Gasteiger partial charge in [-0.2, -0.15) is 0 Å². The Labute approximate surface area is 158 Å². The Balaban J connectivity index is 1.53. The zero-order valence-electron chi connectivity index (χ0n) is 15.5. The molecule has 7 heteroatoms. The van der Waals surface area contributed by atoms with Crippen LogP contribution in [0.25, 0.3) is 0 Å². The molecular formula is C19H27N3O3S. The van der Waals surface area contributed by atoms with Crippen molar-refractivity contribution in [2.24, 2.45) is 0 Å². The van der Waals surface area contributed by atoms with Crippen LogP contribution < -0.4 is 5.32 Å². The van der Waals surface area contributed by atoms with E-state index in [1.165, 1.54) is 0 Å². The van der Waals surface area contributed by atoms with Gasteiger partial charge in [-0.25, -0.2) is 0 Å². The SMILES string of the molecule is Cc1cc(C(=O)CCC(=O)N2CCCC(N3CCNCC3=O)C2)c(C)s1. The molecule has 2 fully saturated rings. The highest BCUT2D eigenvalue weighted by atomic mass is 32.1. The van der Waals surface area contributed by atoms with E-state index in [2.05, 4.69) is 5.32 Å². The zero-order valence-corrected chi connectivity index (χ0v) is 16.4. The molecule has 0 aliphatic carbocycles. The van der Waals surface area contributed by atoms with Crippen LogP contribution in [0.3, 0.4) is 0 Å². The number of hydrogen-bond acceptors (Lipinski definition) is 5. The number of likely N-dealkylation sites (tertiary alicyclic amines) is 1. The van der Waals surface area contributed by atoms with Crippen molar-refractivity contribution in [3.05, 3.63) is 21.4 Å². The van der Waals surface area contributed by atoms with Crippen LogP contribution in [0.2, 0.25) is 0 Å². The molecule has 2 amide bonds. The number of amides is 2. The summed E-state index contributed by atoms with van der Waals surface area (Å²) < 4.78 is 0. The summed E-state index contributed by atoms with van der Waals surface area (Å²) in [6.45, 7) is 7.16. The molecule has 0 aromatic carbocycles. The molecule has 1 aromatic heterocycles. The molecule has 2 saturated heterocycles. The van der Waals surface area contributed by atoms with E-state index in [9.17, 15) is 14.4 Å². The third-order valence-electron chi connectivity index (χ3n) is 5.22. The number of piperidine rings is 1. The first-order valence-corrected chi connectivity index (χ1v) is 10.2. The Bertz CT molecular complexity index is 700. The number of carbonyl (C=O) groups is 3. The van der Waals surface area contributed by atoms with E-state index < -0.39 is 0 Å². The fourth-order valence-electron chi connectivity index (χ4n) is 3.86. The lowest BCUT2D eigenvalue weighted by atomic mass is 10.0. The first-order valence-electron chi connectivity index (χ1n) is 9.34. The quantitative estimate of drug-likeness (QED) is 0.794. The smallest absolute Gasteiger partial charge is 0.236 e. The highest BCUT2D eigenvalue weighted by Crippen LogP contribution is 2.23. The van der Waals surface area contributed by atoms with E-state index in [1.807, 2.05) is 29.7 Å². The van der Waals surface area contributed by atoms with Gasteiger partial charge < -0.3 is 15.1 Å². The van der Waals surface area contributed by atoms with Gasteiger partial charge in [-0.15, -0.1) is 11.3 Å². The van der Waals surface area contributed by atoms with Crippen LogP contribution in [0, 0.1) is 13.8 Å². The molecule has 26 heavy (non-hydrogen) atoms. The average molecular weight is 378 g/mol. The first-order chi connectivity index (χ1) is 12.5. The number of thiophene rings is 1. The van der Waals surface area contributed by atoms with Crippen LogP contribution in [0.15, 0.2) is 6.07 Å². The van der Waals surface area contributed by atoms with Gasteiger partial charge in [-0.1, -0.05) is 0 Å². The molecule has 1 aromatic rings. The molecule has 6 nitrogen and oxygen atoms in total. The Hall–Kier alpha value is -1.73. The summed E-state index contributed by atoms with van der Waals surface area (Å²) in [6, 6.07) is 2.03. The van der Waals surface area contributed by atoms with Crippen molar-refractivity contribution in [2.45, 2.75) is 45.6 Å². The first kappa shape index (κ1) is 19.0. The largest absolute Gasteiger partial charge is 0.341 e. The molecule has 142 valence electrons. The second kappa shape index (κ2) is 8.31. The second-order valence-electron chi connectivity index (χ2n) is 7.15. The van der Waals surface area contributed by atoms with Crippen molar-refractivity contribution >= 4 is 28.9 Å². The van der Waals surface area contributed by atoms with Crippen LogP contribution in [-0.4, -0.2) is 66.2 Å². The molecule has 2 aliphatic rings. The Morgan fingerprint density at radius 1 is 1.27 bits per heavy atom. The highest BCUT2D eigenvalue weighted by Gasteiger charge is 2.31. The monoisotopic (exact) mass is 377 g/mol. The van der Waals surface area contributed by atoms with Crippen molar-refractivity contribution in [1.29, 1.82) is 0 Å². The molecule has 0 radical (unpaired) electrons. The molecule has 3 rings (SSSR count). The average Bonchev–Trinajstić information content (AvgIpc) is 2.98. The van der Waals surface area contributed by atoms with E-state index >= 15 is 0 Å². The number of nitrogens with zero attached hydrogens (tertiary/aromatic N) is 2. The number of piperazine rings is 1. The molecule has 0 spiro atoms. The topological polar surface area (TPSA) is 69.7 Å². The van der Waals surface area contributed by atoms with Crippen molar-refractivity contribution in [3.8, 4) is 0 Å². The fraction of sp³-hybridized carbons (Fsp3) is 0.632. The molecule has 0 bridgehead atoms. The minimum absolute atomic E-state index is 0.0234. The second-order valence-corrected chi connectivity index (χ2v) is 8.61. The number of Topliss-reactive ketones (excluding diaryl/α,β-unsaturated/α-hetero) is 1. The number of aryl methyl sites for hydroxylation is 2. The van der Waals surface area contributed by atoms with Crippen molar-refractivity contribution in [1.82, 2.24) is 15.1 Å². The minimum Gasteiger partial charge on any atom is -0.341 e. The van der Waals surface area contributed by atoms with Crippen LogP contribution in [-0.2, 0) is 9.59 Å². The molecule has 3 heterocycles. The Morgan fingerprint density at radius 3 is 2.77 bits per heavy atom. The van der Waals surface area contributed by atoms with Crippen LogP contribution in [0.1, 0.15) is 45.8 Å². The number of hydrogen-bond donors (Lipinski definition) is 1. The number of ketones is 1. The normalized spacial score (nSPS) is 21.2. The highest BCUT2D eigenvalue weighted by molar-refractivity contribution is 7.12. The molecule has 1 N–H and O–H groups in total. The van der Waals surface area contributed by atoms with Crippen LogP contribution in [0.5, 0.6) is 0 Å². The molecule has 1 unspecified atom stereocenters. The fourth-order valence-corrected chi connectivity index (χ4v) is 4.81. The Kier molecular flexibility index (Phi) is 6.09. The van der Waals surface area contributed by atoms with Gasteiger partial charge in [0.2, 0.25) is 11.8 Å². The summed E-state index contributed by atoms with van der Waals surface area (Å²) in [4.78, 5) is 43.0. The van der Waals surface area contributed by atoms with Crippen molar-refractivity contribution in [2.75, 3.05) is 32.7 Å². The maximum absolute atomic E-state index is 12.6. The van der Waals surface area contributed by atoms with E-state index in [-0.39, 0.29) is 36.5 Å². The molecular weight excluding hydrogens is 350 g/mol. The molecule has 2 aliphatic heterocycles. The van der Waals surface area contributed by atoms with Gasteiger partial charge in [0, 0.05) is 60.4 Å². The standard InChI is InChI=1S/C19H27N3O3S/c1-13-10-16(14(2)26-13)17(23)5-6-18(24)21-8-3-4-15(12-21)22-9-7-20-11-19(22)25/h10,15,20H,3-9,11-12H2,1-2H3. The van der Waals surface area contributed by atoms with Gasteiger partial charge in [-0.3, -0.25) is 14.4 Å². The van der Waals surface area contributed by atoms with Gasteiger partial charge >= 0.3 is 0 Å². The van der Waals surface area contributed by atoms with Gasteiger partial charge in [0.1, 0.15) is 0 Å². The van der Waals surface area contributed by atoms with E-state index in [1.54, 1.807) is 11.3 Å². The van der Waals surface area contributed by atoms with Gasteiger partial charge in [0.05, 0.1) is 6.54 Å². The predicted octanol–water partition coefficient (Wildman–Crippen LogP) is 1.75. The predicted molar refractivity (Wildman–Crippen MR) is 102 cm³/mol. The molecule has 0 saturated carbocycles. The van der Waals surface area contributed by atoms with Gasteiger partial charge in [0.15, 0.2) is 5.78 Å². The lowest BCUT2D eigenvalue weighted by Crippen LogP contribution is -2.57. The molecule has 1 atom stereocenters. The van der Waals surface area contributed by atoms with Crippen LogP contribution in [0.4, 0.5) is 0 Å². The summed E-state index contributed by atoms with van der Waals surface area (Å²) in [5.74, 6) is 0.190. The number of carbonyl (C=O) groups excluding carboxylic acids is 3. The van der Waals surface area contributed by atoms with E-state index in [0.29, 0.717) is 19.6 Å². The van der Waals surface area contributed by atoms with Gasteiger partial charge in [0.25, 0.3) is 0 Å². The maximum Gasteiger partial charge on any atom is 0.236 e. The summed E-state index contributed by atoms with van der Waals surface area (Å²) in [7, 11) is 0. The lowest BCUT2D eigenvalue weighted by molar-refractivity contribution is -0.140. The van der Waals surface area contributed by atoms with E-state index in [4.69, 9.17) is 0 Å². The third kappa shape index (κ3) is 4.32. The third-order valence-corrected chi connectivity index (χ3v) is 6.19. The van der Waals surface area contributed by atoms with Gasteiger partial charge in [-0.05, 0) is 32.8 Å². The summed E-state index contributed by atoms with van der Waals surface area (Å²) in [5.41, 5.74) is 0.753.